The summed E-state index contributed by atoms with van der Waals surface area (Å²) in [5.74, 6) is 0.547. The van der Waals surface area contributed by atoms with Crippen LogP contribution in [0.2, 0.25) is 0 Å². The predicted molar refractivity (Wildman–Crippen MR) is 195 cm³/mol. The molecular weight excluding hydrogens is 759 g/mol. The number of aliphatic hydroxyl groups is 1. The van der Waals surface area contributed by atoms with Crippen LogP contribution in [0.5, 0.6) is 0 Å². The number of aliphatic hydroxyl groups excluding tert-OH is 1. The average molecular weight is 812 g/mol. The van der Waals surface area contributed by atoms with Gasteiger partial charge in [0, 0.05) is 55.3 Å². The van der Waals surface area contributed by atoms with Gasteiger partial charge < -0.3 is 19.5 Å². The number of benzene rings is 3. The molecule has 0 fully saturated rings. The molecule has 6 rings (SSSR count). The molecule has 2 aliphatic rings. The standard InChI is InChI=1S/C28H29N3.C13H24O2.Ir/c1-17(2)30-16-31-23-12-20-10-8-7-9-19(20)11-22(23)29-15-18(3)25-21(14-28(4,5)6)13-24(30)26(31)27(25)29;1-5-10(6-2)12(14)9-13(15)11(7-3)8-4;/h7-11,13,15-17H,14H2,1-6H3;9-11,14H,5-8H2,1-4H3;/q-2;;/b;12-9-;. The van der Waals surface area contributed by atoms with Crippen molar-refractivity contribution in [2.24, 2.45) is 17.3 Å². The normalized spacial score (nSPS) is 13.9. The van der Waals surface area contributed by atoms with Crippen molar-refractivity contribution in [3.05, 3.63) is 78.3 Å². The van der Waals surface area contributed by atoms with Gasteiger partial charge in [-0.2, -0.15) is 6.67 Å². The molecule has 0 spiro atoms. The second-order valence-electron chi connectivity index (χ2n) is 14.6. The molecule has 0 aliphatic carbocycles. The van der Waals surface area contributed by atoms with Crippen LogP contribution in [0.1, 0.15) is 99.1 Å². The molecule has 1 radical (unpaired) electrons. The number of carbonyl (C=O) groups excluding carboxylic acids is 1. The zero-order chi connectivity index (χ0) is 33.5. The maximum atomic E-state index is 11.7. The Morgan fingerprint density at radius 2 is 1.62 bits per heavy atom. The van der Waals surface area contributed by atoms with E-state index in [1.165, 1.54) is 50.6 Å². The molecular formula is C41H53IrN3O2-2. The third kappa shape index (κ3) is 7.06. The van der Waals surface area contributed by atoms with Crippen LogP contribution >= 0.6 is 0 Å². The van der Waals surface area contributed by atoms with Crippen molar-refractivity contribution in [3.8, 4) is 5.69 Å². The van der Waals surface area contributed by atoms with Gasteiger partial charge in [0.05, 0.1) is 17.0 Å². The fourth-order valence-corrected chi connectivity index (χ4v) is 7.15. The Kier molecular flexibility index (Phi) is 11.4. The van der Waals surface area contributed by atoms with E-state index >= 15 is 0 Å². The van der Waals surface area contributed by atoms with Crippen molar-refractivity contribution in [2.75, 3.05) is 9.80 Å². The van der Waals surface area contributed by atoms with Crippen molar-refractivity contribution in [1.82, 2.24) is 4.57 Å². The molecule has 2 aliphatic heterocycles. The fourth-order valence-electron chi connectivity index (χ4n) is 7.15. The van der Waals surface area contributed by atoms with E-state index in [9.17, 15) is 9.90 Å². The van der Waals surface area contributed by atoms with E-state index in [0.717, 1.165) is 43.2 Å². The number of rotatable bonds is 9. The molecule has 5 nitrogen and oxygen atoms in total. The van der Waals surface area contributed by atoms with Crippen molar-refractivity contribution in [3.63, 3.8) is 0 Å². The number of allylic oxidation sites excluding steroid dienone is 2. The maximum Gasteiger partial charge on any atom is 0.162 e. The molecule has 6 heteroatoms. The molecule has 1 N–H and O–H groups in total. The summed E-state index contributed by atoms with van der Waals surface area (Å²) in [6, 6.07) is 17.4. The van der Waals surface area contributed by atoms with E-state index < -0.39 is 0 Å². The number of carbonyl (C=O) groups is 1. The van der Waals surface area contributed by atoms with E-state index in [-0.39, 0.29) is 48.9 Å². The average Bonchev–Trinajstić information content (AvgIpc) is 3.56. The quantitative estimate of drug-likeness (QED) is 0.104. The van der Waals surface area contributed by atoms with Crippen LogP contribution in [0.15, 0.2) is 54.4 Å². The summed E-state index contributed by atoms with van der Waals surface area (Å²) in [5.41, 5.74) is 9.33. The number of aryl methyl sites for hydroxylation is 1. The van der Waals surface area contributed by atoms with Crippen LogP contribution in [-0.2, 0) is 31.3 Å². The fraction of sp³-hybridized carbons (Fsp3) is 0.463. The Morgan fingerprint density at radius 3 is 2.21 bits per heavy atom. The Bertz CT molecular complexity index is 1770. The van der Waals surface area contributed by atoms with Crippen LogP contribution in [0.4, 0.5) is 17.1 Å². The molecule has 47 heavy (non-hydrogen) atoms. The first-order valence-electron chi connectivity index (χ1n) is 17.3. The van der Waals surface area contributed by atoms with Gasteiger partial charge in [-0.15, -0.1) is 35.0 Å². The van der Waals surface area contributed by atoms with Crippen molar-refractivity contribution < 1.29 is 30.0 Å². The van der Waals surface area contributed by atoms with Crippen molar-refractivity contribution >= 4 is 44.5 Å². The van der Waals surface area contributed by atoms with Gasteiger partial charge in [-0.1, -0.05) is 60.6 Å². The maximum absolute atomic E-state index is 11.7. The summed E-state index contributed by atoms with van der Waals surface area (Å²) in [6.45, 7) is 24.1. The first-order valence-corrected chi connectivity index (χ1v) is 17.3. The first-order chi connectivity index (χ1) is 21.8. The van der Waals surface area contributed by atoms with Gasteiger partial charge >= 0.3 is 0 Å². The molecule has 0 bridgehead atoms. The van der Waals surface area contributed by atoms with Crippen LogP contribution in [0.3, 0.4) is 0 Å². The molecule has 4 aromatic rings. The molecule has 0 unspecified atom stereocenters. The summed E-state index contributed by atoms with van der Waals surface area (Å²) < 4.78 is 2.42. The molecule has 0 atom stereocenters. The second kappa shape index (κ2) is 14.6. The van der Waals surface area contributed by atoms with E-state index in [4.69, 9.17) is 0 Å². The minimum atomic E-state index is 0. The smallest absolute Gasteiger partial charge is 0.162 e. The van der Waals surface area contributed by atoms with Crippen molar-refractivity contribution in [1.29, 1.82) is 0 Å². The van der Waals surface area contributed by atoms with Gasteiger partial charge in [-0.3, -0.25) is 4.79 Å². The van der Waals surface area contributed by atoms with Gasteiger partial charge in [-0.25, -0.2) is 0 Å². The van der Waals surface area contributed by atoms with Gasteiger partial charge in [-0.05, 0) is 92.9 Å². The number of hydrogen-bond donors (Lipinski definition) is 1. The number of anilines is 3. The minimum Gasteiger partial charge on any atom is -0.512 e. The predicted octanol–water partition coefficient (Wildman–Crippen LogP) is 11.1. The van der Waals surface area contributed by atoms with Gasteiger partial charge in [0.2, 0.25) is 0 Å². The second-order valence-corrected chi connectivity index (χ2v) is 14.6. The van der Waals surface area contributed by atoms with E-state index in [0.29, 0.717) is 6.04 Å². The number of ketones is 1. The Hall–Kier alpha value is -3.08. The van der Waals surface area contributed by atoms with E-state index in [2.05, 4.69) is 111 Å². The van der Waals surface area contributed by atoms with Gasteiger partial charge in [0.1, 0.15) is 0 Å². The Morgan fingerprint density at radius 1 is 0.979 bits per heavy atom. The number of nitrogens with zero attached hydrogens (tertiary/aromatic N) is 3. The zero-order valence-corrected chi connectivity index (χ0v) is 32.4. The summed E-state index contributed by atoms with van der Waals surface area (Å²) in [7, 11) is 0. The van der Waals surface area contributed by atoms with Crippen molar-refractivity contribution in [2.45, 2.75) is 107 Å². The number of fused-ring (bicyclic) bond motifs is 4. The van der Waals surface area contributed by atoms with Gasteiger partial charge in [0.25, 0.3) is 0 Å². The molecule has 3 aromatic carbocycles. The molecule has 1 aromatic heterocycles. The molecule has 255 valence electrons. The summed E-state index contributed by atoms with van der Waals surface area (Å²) in [5, 5.41) is 13.6. The Labute approximate surface area is 296 Å². The van der Waals surface area contributed by atoms with E-state index in [1.54, 1.807) is 0 Å². The largest absolute Gasteiger partial charge is 0.512 e. The zero-order valence-electron chi connectivity index (χ0n) is 30.0. The van der Waals surface area contributed by atoms with Crippen LogP contribution < -0.4 is 9.80 Å². The molecule has 0 saturated heterocycles. The first kappa shape index (κ1) is 36.8. The summed E-state index contributed by atoms with van der Waals surface area (Å²) in [6.07, 6.45) is 8.29. The van der Waals surface area contributed by atoms with Gasteiger partial charge in [0.15, 0.2) is 5.78 Å². The monoisotopic (exact) mass is 812 g/mol. The topological polar surface area (TPSA) is 48.7 Å². The third-order valence-corrected chi connectivity index (χ3v) is 9.66. The van der Waals surface area contributed by atoms with E-state index in [1.807, 2.05) is 27.7 Å². The SMILES string of the molecule is CCC(CC)C(=O)/C=C(\O)C(CC)CC.Cc1cn2c3c4c(cc(CC(C)(C)C)c13)N(C(C)C)[CH-]N4c1[c-]c3ccccc3cc1-2.[Ir]. The van der Waals surface area contributed by atoms with Crippen LogP contribution in [-0.4, -0.2) is 21.5 Å². The molecule has 0 amide bonds. The minimum absolute atomic E-state index is 0. The summed E-state index contributed by atoms with van der Waals surface area (Å²) >= 11 is 0. The third-order valence-electron chi connectivity index (χ3n) is 9.66. The molecule has 0 saturated carbocycles. The Balaban J connectivity index is 0.000000269. The van der Waals surface area contributed by atoms with Crippen LogP contribution in [0.25, 0.3) is 27.4 Å². The number of aromatic nitrogens is 1. The number of hydrogen-bond acceptors (Lipinski definition) is 4. The van der Waals surface area contributed by atoms with Crippen LogP contribution in [0, 0.1) is 36.9 Å². The summed E-state index contributed by atoms with van der Waals surface area (Å²) in [4.78, 5) is 16.5. The molecule has 3 heterocycles.